The summed E-state index contributed by atoms with van der Waals surface area (Å²) in [5.74, 6) is 0.407. The average molecular weight is 662 g/mol. The summed E-state index contributed by atoms with van der Waals surface area (Å²) in [4.78, 5) is 44.2. The van der Waals surface area contributed by atoms with Crippen LogP contribution in [0.4, 0.5) is 11.5 Å². The zero-order chi connectivity index (χ0) is 34.3. The predicted octanol–water partition coefficient (Wildman–Crippen LogP) is 3.65. The Bertz CT molecular complexity index is 1900. The number of anilines is 2. The Morgan fingerprint density at radius 1 is 0.980 bits per heavy atom. The fourth-order valence-electron chi connectivity index (χ4n) is 6.08. The fraction of sp³-hybridized carbons (Fsp3) is 0.314. The van der Waals surface area contributed by atoms with Crippen LogP contribution in [0.25, 0.3) is 22.5 Å². The number of pyridine rings is 1. The molecule has 1 saturated carbocycles. The molecule has 1 aliphatic carbocycles. The van der Waals surface area contributed by atoms with Crippen LogP contribution in [-0.4, -0.2) is 65.7 Å². The number of aromatic amines is 1. The minimum absolute atomic E-state index is 0.117. The molecule has 5 aromatic rings. The molecule has 49 heavy (non-hydrogen) atoms. The maximum Gasteiger partial charge on any atom is 0.275 e. The molecular weight excluding hydrogens is 622 g/mol. The van der Waals surface area contributed by atoms with Crippen LogP contribution in [0.2, 0.25) is 0 Å². The van der Waals surface area contributed by atoms with E-state index in [1.54, 1.807) is 60.5 Å². The Kier molecular flexibility index (Phi) is 10.1. The highest BCUT2D eigenvalue weighted by molar-refractivity contribution is 6.02. The lowest BCUT2D eigenvalue weighted by molar-refractivity contribution is -0.130. The summed E-state index contributed by atoms with van der Waals surface area (Å²) in [6.07, 6.45) is 7.04. The summed E-state index contributed by atoms with van der Waals surface area (Å²) in [7, 11) is 1.78. The Morgan fingerprint density at radius 2 is 1.71 bits per heavy atom. The SMILES string of the molecule is Cc1cc(C(=O)Nc2ccn(C)n2)ncc1-c1ccc(C[C@H](NC(=O)C2CCC(CN)CC2)C(=O)Nc2ccc(-c3nn[nH]n3)cc2)cc1. The molecule has 1 atom stereocenters. The molecule has 3 heterocycles. The molecule has 2 aromatic carbocycles. The minimum Gasteiger partial charge on any atom is -0.344 e. The standard InChI is InChI=1S/C35H39N11O3/c1-21-17-29(34(48)40-31-15-16-46(2)43-31)37-20-28(21)24-7-3-22(4-8-24)18-30(39-33(47)26-9-5-23(19-36)6-10-26)35(49)38-27-13-11-25(12-14-27)32-41-44-45-42-32/h3-4,7-8,11-17,20,23,26,30H,5-6,9-10,18-19,36H2,1-2H3,(H,38,49)(H,39,47)(H,40,43,48)(H,41,42,44,45)/t23?,26?,30-/m0/s1. The Hall–Kier alpha value is -5.76. The van der Waals surface area contributed by atoms with E-state index in [1.807, 2.05) is 31.2 Å². The van der Waals surface area contributed by atoms with Gasteiger partial charge in [0.2, 0.25) is 17.6 Å². The first kappa shape index (κ1) is 33.2. The summed E-state index contributed by atoms with van der Waals surface area (Å²) >= 11 is 0. The zero-order valence-electron chi connectivity index (χ0n) is 27.4. The molecular formula is C35H39N11O3. The highest BCUT2D eigenvalue weighted by Crippen LogP contribution is 2.29. The molecule has 0 saturated heterocycles. The molecule has 0 radical (unpaired) electrons. The van der Waals surface area contributed by atoms with Gasteiger partial charge in [-0.2, -0.15) is 10.3 Å². The highest BCUT2D eigenvalue weighted by atomic mass is 16.2. The van der Waals surface area contributed by atoms with Crippen molar-refractivity contribution in [1.82, 2.24) is 40.7 Å². The van der Waals surface area contributed by atoms with Crippen molar-refractivity contribution < 1.29 is 14.4 Å². The number of nitrogens with two attached hydrogens (primary N) is 1. The number of carbonyl (C=O) groups is 3. The van der Waals surface area contributed by atoms with E-state index in [9.17, 15) is 14.4 Å². The zero-order valence-corrected chi connectivity index (χ0v) is 27.4. The third-order valence-electron chi connectivity index (χ3n) is 8.94. The Labute approximate surface area is 283 Å². The third kappa shape index (κ3) is 8.22. The van der Waals surface area contributed by atoms with Gasteiger partial charge in [0, 0.05) is 54.7 Å². The van der Waals surface area contributed by atoms with Gasteiger partial charge in [-0.3, -0.25) is 24.0 Å². The number of benzene rings is 2. The van der Waals surface area contributed by atoms with Gasteiger partial charge in [-0.15, -0.1) is 10.2 Å². The summed E-state index contributed by atoms with van der Waals surface area (Å²) < 4.78 is 1.61. The number of amides is 3. The third-order valence-corrected chi connectivity index (χ3v) is 8.94. The van der Waals surface area contributed by atoms with E-state index in [2.05, 4.69) is 46.7 Å². The van der Waals surface area contributed by atoms with Gasteiger partial charge in [0.1, 0.15) is 11.7 Å². The van der Waals surface area contributed by atoms with Crippen LogP contribution in [0.5, 0.6) is 0 Å². The summed E-state index contributed by atoms with van der Waals surface area (Å²) in [6.45, 7) is 2.55. The van der Waals surface area contributed by atoms with Gasteiger partial charge < -0.3 is 21.7 Å². The lowest BCUT2D eigenvalue weighted by Crippen LogP contribution is -2.48. The number of tetrazole rings is 1. The maximum absolute atomic E-state index is 13.7. The van der Waals surface area contributed by atoms with Crippen LogP contribution in [-0.2, 0) is 23.1 Å². The predicted molar refractivity (Wildman–Crippen MR) is 184 cm³/mol. The summed E-state index contributed by atoms with van der Waals surface area (Å²) in [6, 6.07) is 17.5. The van der Waals surface area contributed by atoms with Crippen molar-refractivity contribution in [2.45, 2.75) is 45.1 Å². The van der Waals surface area contributed by atoms with Gasteiger partial charge in [-0.05, 0) is 97.3 Å². The number of carbonyl (C=O) groups excluding carboxylic acids is 3. The maximum atomic E-state index is 13.7. The Morgan fingerprint density at radius 3 is 2.35 bits per heavy atom. The van der Waals surface area contributed by atoms with E-state index in [-0.39, 0.29) is 29.3 Å². The molecule has 6 rings (SSSR count). The number of nitrogens with zero attached hydrogens (tertiary/aromatic N) is 6. The number of hydrogen-bond donors (Lipinski definition) is 5. The Balaban J connectivity index is 1.15. The van der Waals surface area contributed by atoms with E-state index in [0.717, 1.165) is 53.5 Å². The van der Waals surface area contributed by atoms with Gasteiger partial charge >= 0.3 is 0 Å². The number of hydrogen-bond acceptors (Lipinski definition) is 9. The van der Waals surface area contributed by atoms with Crippen molar-refractivity contribution in [2.75, 3.05) is 17.2 Å². The van der Waals surface area contributed by atoms with E-state index in [1.165, 1.54) is 0 Å². The van der Waals surface area contributed by atoms with Crippen molar-refractivity contribution in [2.24, 2.45) is 24.6 Å². The van der Waals surface area contributed by atoms with E-state index < -0.39 is 6.04 Å². The molecule has 252 valence electrons. The first-order valence-corrected chi connectivity index (χ1v) is 16.3. The average Bonchev–Trinajstić information content (AvgIpc) is 3.81. The second kappa shape index (κ2) is 15.0. The first-order valence-electron chi connectivity index (χ1n) is 16.3. The largest absolute Gasteiger partial charge is 0.344 e. The highest BCUT2D eigenvalue weighted by Gasteiger charge is 2.29. The number of aromatic nitrogens is 7. The number of rotatable bonds is 11. The van der Waals surface area contributed by atoms with Gasteiger partial charge in [-0.25, -0.2) is 0 Å². The normalized spacial score (nSPS) is 16.5. The molecule has 3 amide bonds. The molecule has 0 bridgehead atoms. The van der Waals surface area contributed by atoms with Gasteiger partial charge in [0.25, 0.3) is 5.91 Å². The van der Waals surface area contributed by atoms with Crippen LogP contribution < -0.4 is 21.7 Å². The van der Waals surface area contributed by atoms with Crippen LogP contribution in [0.15, 0.2) is 73.1 Å². The quantitative estimate of drug-likeness (QED) is 0.140. The molecule has 0 spiro atoms. The molecule has 0 unspecified atom stereocenters. The van der Waals surface area contributed by atoms with Crippen LogP contribution in [0.1, 0.15) is 47.3 Å². The first-order chi connectivity index (χ1) is 23.7. The van der Waals surface area contributed by atoms with Gasteiger partial charge in [0.15, 0.2) is 5.82 Å². The molecule has 3 aromatic heterocycles. The number of H-pyrrole nitrogens is 1. The molecule has 1 fully saturated rings. The molecule has 0 aliphatic heterocycles. The van der Waals surface area contributed by atoms with Crippen LogP contribution >= 0.6 is 0 Å². The van der Waals surface area contributed by atoms with Crippen LogP contribution in [0, 0.1) is 18.8 Å². The number of nitrogens with one attached hydrogen (secondary N) is 4. The fourth-order valence-corrected chi connectivity index (χ4v) is 6.08. The van der Waals surface area contributed by atoms with Crippen LogP contribution in [0.3, 0.4) is 0 Å². The molecule has 14 nitrogen and oxygen atoms in total. The lowest BCUT2D eigenvalue weighted by atomic mass is 9.81. The lowest BCUT2D eigenvalue weighted by Gasteiger charge is -2.28. The monoisotopic (exact) mass is 661 g/mol. The van der Waals surface area contributed by atoms with E-state index >= 15 is 0 Å². The minimum atomic E-state index is -0.803. The second-order valence-corrected chi connectivity index (χ2v) is 12.4. The second-order valence-electron chi connectivity index (χ2n) is 12.4. The smallest absolute Gasteiger partial charge is 0.275 e. The van der Waals surface area contributed by atoms with Gasteiger partial charge in [-0.1, -0.05) is 24.3 Å². The topological polar surface area (TPSA) is 198 Å². The summed E-state index contributed by atoms with van der Waals surface area (Å²) in [5, 5.41) is 26.9. The van der Waals surface area contributed by atoms with Crippen molar-refractivity contribution in [1.29, 1.82) is 0 Å². The van der Waals surface area contributed by atoms with Crippen molar-refractivity contribution in [3.63, 3.8) is 0 Å². The van der Waals surface area contributed by atoms with Gasteiger partial charge in [0.05, 0.1) is 0 Å². The molecule has 6 N–H and O–H groups in total. The van der Waals surface area contributed by atoms with Crippen molar-refractivity contribution in [3.8, 4) is 22.5 Å². The summed E-state index contributed by atoms with van der Waals surface area (Å²) in [5.41, 5.74) is 11.0. The van der Waals surface area contributed by atoms with Crippen molar-refractivity contribution in [3.05, 3.63) is 89.9 Å². The molecule has 1 aliphatic rings. The van der Waals surface area contributed by atoms with Crippen molar-refractivity contribution >= 4 is 29.2 Å². The van der Waals surface area contributed by atoms with E-state index in [4.69, 9.17) is 5.73 Å². The molecule has 14 heteroatoms. The van der Waals surface area contributed by atoms with E-state index in [0.29, 0.717) is 36.2 Å². The number of aryl methyl sites for hydroxylation is 2.